The summed E-state index contributed by atoms with van der Waals surface area (Å²) >= 11 is 0. The van der Waals surface area contributed by atoms with Crippen LogP contribution in [0.3, 0.4) is 0 Å². The lowest BCUT2D eigenvalue weighted by molar-refractivity contribution is -0.138. The SMILES string of the molecule is CC1CN(C(=O)CC2CCN(C(C)C)CC2)C1. The van der Waals surface area contributed by atoms with Gasteiger partial charge < -0.3 is 9.80 Å². The Hall–Kier alpha value is -0.570. The number of hydrogen-bond acceptors (Lipinski definition) is 2. The fourth-order valence-corrected chi connectivity index (χ4v) is 2.95. The van der Waals surface area contributed by atoms with Crippen LogP contribution in [0, 0.1) is 11.8 Å². The number of carbonyl (C=O) groups excluding carboxylic acids is 1. The van der Waals surface area contributed by atoms with Gasteiger partial charge in [-0.05, 0) is 51.6 Å². The van der Waals surface area contributed by atoms with Crippen molar-refractivity contribution < 1.29 is 4.79 Å². The molecule has 0 radical (unpaired) electrons. The normalized spacial score (nSPS) is 24.1. The molecule has 2 aliphatic heterocycles. The zero-order valence-electron chi connectivity index (χ0n) is 11.5. The topological polar surface area (TPSA) is 23.6 Å². The minimum atomic E-state index is 0.395. The molecule has 1 amide bonds. The zero-order chi connectivity index (χ0) is 12.4. The molecule has 2 aliphatic rings. The Bertz CT molecular complexity index is 263. The van der Waals surface area contributed by atoms with Gasteiger partial charge >= 0.3 is 0 Å². The Morgan fingerprint density at radius 2 is 1.82 bits per heavy atom. The molecule has 0 aliphatic carbocycles. The fourth-order valence-electron chi connectivity index (χ4n) is 2.95. The van der Waals surface area contributed by atoms with E-state index >= 15 is 0 Å². The van der Waals surface area contributed by atoms with Crippen molar-refractivity contribution in [3.63, 3.8) is 0 Å². The highest BCUT2D eigenvalue weighted by atomic mass is 16.2. The van der Waals surface area contributed by atoms with Gasteiger partial charge in [0.05, 0.1) is 0 Å². The molecular weight excluding hydrogens is 212 g/mol. The fraction of sp³-hybridized carbons (Fsp3) is 0.929. The van der Waals surface area contributed by atoms with Crippen molar-refractivity contribution in [1.82, 2.24) is 9.80 Å². The van der Waals surface area contributed by atoms with E-state index in [4.69, 9.17) is 0 Å². The first-order chi connectivity index (χ1) is 8.06. The second-order valence-electron chi connectivity index (χ2n) is 6.18. The highest BCUT2D eigenvalue weighted by molar-refractivity contribution is 5.77. The summed E-state index contributed by atoms with van der Waals surface area (Å²) in [5.41, 5.74) is 0. The Balaban J connectivity index is 1.69. The van der Waals surface area contributed by atoms with Crippen LogP contribution in [0.5, 0.6) is 0 Å². The Morgan fingerprint density at radius 3 is 2.29 bits per heavy atom. The predicted molar refractivity (Wildman–Crippen MR) is 69.8 cm³/mol. The van der Waals surface area contributed by atoms with E-state index in [1.54, 1.807) is 0 Å². The van der Waals surface area contributed by atoms with Gasteiger partial charge in [-0.2, -0.15) is 0 Å². The van der Waals surface area contributed by atoms with Crippen LogP contribution in [0.25, 0.3) is 0 Å². The maximum absolute atomic E-state index is 12.0. The molecular formula is C14H26N2O. The first-order valence-electron chi connectivity index (χ1n) is 7.08. The zero-order valence-corrected chi connectivity index (χ0v) is 11.5. The lowest BCUT2D eigenvalue weighted by Crippen LogP contribution is -2.49. The van der Waals surface area contributed by atoms with Crippen molar-refractivity contribution >= 4 is 5.91 Å². The largest absolute Gasteiger partial charge is 0.342 e. The molecule has 0 atom stereocenters. The molecule has 2 heterocycles. The molecule has 0 spiro atoms. The van der Waals surface area contributed by atoms with Gasteiger partial charge in [-0.25, -0.2) is 0 Å². The van der Waals surface area contributed by atoms with Crippen LogP contribution in [0.4, 0.5) is 0 Å². The number of rotatable bonds is 3. The summed E-state index contributed by atoms with van der Waals surface area (Å²) in [4.78, 5) is 16.5. The van der Waals surface area contributed by atoms with Crippen molar-refractivity contribution in [2.75, 3.05) is 26.2 Å². The quantitative estimate of drug-likeness (QED) is 0.750. The third-order valence-electron chi connectivity index (χ3n) is 4.26. The molecule has 98 valence electrons. The summed E-state index contributed by atoms with van der Waals surface area (Å²) in [6, 6.07) is 0.655. The molecule has 0 aromatic heterocycles. The van der Waals surface area contributed by atoms with Crippen molar-refractivity contribution in [3.8, 4) is 0 Å². The second-order valence-corrected chi connectivity index (χ2v) is 6.18. The predicted octanol–water partition coefficient (Wildman–Crippen LogP) is 1.98. The molecule has 2 rings (SSSR count). The molecule has 0 bridgehead atoms. The van der Waals surface area contributed by atoms with E-state index in [0.717, 1.165) is 25.4 Å². The standard InChI is InChI=1S/C14H26N2O/c1-11(2)15-6-4-13(5-7-15)8-14(17)16-9-12(3)10-16/h11-13H,4-10H2,1-3H3. The molecule has 0 saturated carbocycles. The number of hydrogen-bond donors (Lipinski definition) is 0. The minimum Gasteiger partial charge on any atom is -0.342 e. The monoisotopic (exact) mass is 238 g/mol. The first kappa shape index (κ1) is 12.9. The van der Waals surface area contributed by atoms with E-state index < -0.39 is 0 Å². The van der Waals surface area contributed by atoms with Crippen LogP contribution in [0.1, 0.15) is 40.0 Å². The van der Waals surface area contributed by atoms with E-state index in [-0.39, 0.29) is 0 Å². The maximum atomic E-state index is 12.0. The molecule has 2 fully saturated rings. The van der Waals surface area contributed by atoms with Crippen LogP contribution in [-0.2, 0) is 4.79 Å². The Kier molecular flexibility index (Phi) is 4.08. The van der Waals surface area contributed by atoms with Gasteiger partial charge in [0.2, 0.25) is 5.91 Å². The number of carbonyl (C=O) groups is 1. The van der Waals surface area contributed by atoms with Crippen molar-refractivity contribution in [2.45, 2.75) is 46.1 Å². The van der Waals surface area contributed by atoms with Gasteiger partial charge in [-0.3, -0.25) is 4.79 Å². The molecule has 0 aromatic carbocycles. The summed E-state index contributed by atoms with van der Waals surface area (Å²) < 4.78 is 0. The smallest absolute Gasteiger partial charge is 0.222 e. The summed E-state index contributed by atoms with van der Waals surface area (Å²) in [6.07, 6.45) is 3.19. The number of amides is 1. The van der Waals surface area contributed by atoms with E-state index in [9.17, 15) is 4.79 Å². The van der Waals surface area contributed by atoms with E-state index in [1.165, 1.54) is 25.9 Å². The lowest BCUT2D eigenvalue weighted by atomic mass is 9.91. The van der Waals surface area contributed by atoms with Gasteiger partial charge in [-0.15, -0.1) is 0 Å². The van der Waals surface area contributed by atoms with Crippen LogP contribution in [-0.4, -0.2) is 47.9 Å². The number of piperidine rings is 1. The van der Waals surface area contributed by atoms with Crippen molar-refractivity contribution in [2.24, 2.45) is 11.8 Å². The van der Waals surface area contributed by atoms with E-state index in [1.807, 2.05) is 4.90 Å². The molecule has 0 unspecified atom stereocenters. The maximum Gasteiger partial charge on any atom is 0.222 e. The van der Waals surface area contributed by atoms with E-state index in [2.05, 4.69) is 25.7 Å². The van der Waals surface area contributed by atoms with Crippen LogP contribution in [0.15, 0.2) is 0 Å². The number of nitrogens with zero attached hydrogens (tertiary/aromatic N) is 2. The summed E-state index contributed by atoms with van der Waals surface area (Å²) in [7, 11) is 0. The summed E-state index contributed by atoms with van der Waals surface area (Å²) in [5, 5.41) is 0. The minimum absolute atomic E-state index is 0.395. The van der Waals surface area contributed by atoms with Crippen molar-refractivity contribution in [3.05, 3.63) is 0 Å². The molecule has 2 saturated heterocycles. The molecule has 0 N–H and O–H groups in total. The van der Waals surface area contributed by atoms with Gasteiger partial charge in [-0.1, -0.05) is 6.92 Å². The van der Waals surface area contributed by atoms with Gasteiger partial charge in [0.1, 0.15) is 0 Å². The molecule has 0 aromatic rings. The van der Waals surface area contributed by atoms with Crippen LogP contribution < -0.4 is 0 Å². The lowest BCUT2D eigenvalue weighted by Gasteiger charge is -2.39. The second kappa shape index (κ2) is 5.38. The Labute approximate surface area is 105 Å². The van der Waals surface area contributed by atoms with Gasteiger partial charge in [0.25, 0.3) is 0 Å². The van der Waals surface area contributed by atoms with Gasteiger partial charge in [0, 0.05) is 25.6 Å². The molecule has 3 heteroatoms. The molecule has 17 heavy (non-hydrogen) atoms. The average molecular weight is 238 g/mol. The van der Waals surface area contributed by atoms with E-state index in [0.29, 0.717) is 17.9 Å². The number of likely N-dealkylation sites (tertiary alicyclic amines) is 2. The van der Waals surface area contributed by atoms with Crippen LogP contribution in [0.2, 0.25) is 0 Å². The highest BCUT2D eigenvalue weighted by Crippen LogP contribution is 2.24. The highest BCUT2D eigenvalue weighted by Gasteiger charge is 2.29. The third-order valence-corrected chi connectivity index (χ3v) is 4.26. The summed E-state index contributed by atoms with van der Waals surface area (Å²) in [5.74, 6) is 1.75. The molecule has 3 nitrogen and oxygen atoms in total. The average Bonchev–Trinajstić information content (AvgIpc) is 2.25. The van der Waals surface area contributed by atoms with Gasteiger partial charge in [0.15, 0.2) is 0 Å². The summed E-state index contributed by atoms with van der Waals surface area (Å²) in [6.45, 7) is 11.1. The van der Waals surface area contributed by atoms with Crippen LogP contribution >= 0.6 is 0 Å². The third kappa shape index (κ3) is 3.21. The Morgan fingerprint density at radius 1 is 1.24 bits per heavy atom. The van der Waals surface area contributed by atoms with Crippen molar-refractivity contribution in [1.29, 1.82) is 0 Å². The first-order valence-corrected chi connectivity index (χ1v) is 7.08.